The van der Waals surface area contributed by atoms with Crippen molar-refractivity contribution in [1.82, 2.24) is 15.0 Å². The third-order valence-corrected chi connectivity index (χ3v) is 3.45. The van der Waals surface area contributed by atoms with Crippen LogP contribution in [0.25, 0.3) is 0 Å². The molecule has 5 heteroatoms. The van der Waals surface area contributed by atoms with Crippen LogP contribution >= 0.6 is 0 Å². The van der Waals surface area contributed by atoms with E-state index in [0.717, 1.165) is 30.8 Å². The fourth-order valence-electron chi connectivity index (χ4n) is 2.40. The predicted molar refractivity (Wildman–Crippen MR) is 84.7 cm³/mol. The van der Waals surface area contributed by atoms with Crippen LogP contribution in [0.5, 0.6) is 5.75 Å². The number of nitriles is 1. The number of hydrogen-bond donors (Lipinski definition) is 0. The second-order valence-electron chi connectivity index (χ2n) is 5.69. The van der Waals surface area contributed by atoms with Crippen LogP contribution in [0.15, 0.2) is 24.3 Å². The highest BCUT2D eigenvalue weighted by Crippen LogP contribution is 2.17. The standard InChI is InChI=1S/C17H22N4O/c1-13(2)17-16(12-18)19-20-21(17)9-4-5-10-22-15-8-6-7-14(3)11-15/h6-8,11,13H,4-5,9-10H2,1-3H3. The van der Waals surface area contributed by atoms with E-state index in [9.17, 15) is 0 Å². The molecule has 0 aliphatic heterocycles. The molecular formula is C17H22N4O. The van der Waals surface area contributed by atoms with Gasteiger partial charge in [0.25, 0.3) is 0 Å². The molecule has 5 nitrogen and oxygen atoms in total. The molecule has 0 aliphatic rings. The molecule has 0 aliphatic carbocycles. The maximum Gasteiger partial charge on any atom is 0.186 e. The van der Waals surface area contributed by atoms with E-state index >= 15 is 0 Å². The van der Waals surface area contributed by atoms with Gasteiger partial charge in [0.1, 0.15) is 11.8 Å². The Hall–Kier alpha value is -2.35. The SMILES string of the molecule is Cc1cccc(OCCCCn2nnc(C#N)c2C(C)C)c1. The first-order chi connectivity index (χ1) is 10.6. The first-order valence-electron chi connectivity index (χ1n) is 7.64. The smallest absolute Gasteiger partial charge is 0.186 e. The van der Waals surface area contributed by atoms with E-state index in [4.69, 9.17) is 10.00 Å². The molecule has 0 spiro atoms. The van der Waals surface area contributed by atoms with Crippen molar-refractivity contribution in [2.75, 3.05) is 6.61 Å². The zero-order valence-electron chi connectivity index (χ0n) is 13.4. The number of ether oxygens (including phenoxy) is 1. The predicted octanol–water partition coefficient (Wildman–Crippen LogP) is 3.44. The first-order valence-corrected chi connectivity index (χ1v) is 7.64. The summed E-state index contributed by atoms with van der Waals surface area (Å²) in [6.45, 7) is 7.60. The third-order valence-electron chi connectivity index (χ3n) is 3.45. The minimum Gasteiger partial charge on any atom is -0.494 e. The number of aryl methyl sites for hydroxylation is 2. The van der Waals surface area contributed by atoms with E-state index in [1.54, 1.807) is 0 Å². The van der Waals surface area contributed by atoms with E-state index < -0.39 is 0 Å². The second-order valence-corrected chi connectivity index (χ2v) is 5.69. The Morgan fingerprint density at radius 2 is 2.14 bits per heavy atom. The maximum atomic E-state index is 9.05. The minimum atomic E-state index is 0.244. The van der Waals surface area contributed by atoms with Crippen LogP contribution in [-0.2, 0) is 6.54 Å². The van der Waals surface area contributed by atoms with Gasteiger partial charge in [0, 0.05) is 6.54 Å². The van der Waals surface area contributed by atoms with Crippen molar-refractivity contribution < 1.29 is 4.74 Å². The molecule has 0 fully saturated rings. The van der Waals surface area contributed by atoms with E-state index in [1.165, 1.54) is 5.56 Å². The molecule has 0 amide bonds. The summed E-state index contributed by atoms with van der Waals surface area (Å²) in [6.07, 6.45) is 1.88. The monoisotopic (exact) mass is 298 g/mol. The number of aromatic nitrogens is 3. The van der Waals surface area contributed by atoms with Crippen LogP contribution in [0.1, 0.15) is 49.6 Å². The van der Waals surface area contributed by atoms with Gasteiger partial charge in [-0.25, -0.2) is 4.68 Å². The summed E-state index contributed by atoms with van der Waals surface area (Å²) in [5, 5.41) is 17.1. The van der Waals surface area contributed by atoms with Gasteiger partial charge in [-0.15, -0.1) is 5.10 Å². The lowest BCUT2D eigenvalue weighted by Gasteiger charge is -2.10. The topological polar surface area (TPSA) is 63.7 Å². The van der Waals surface area contributed by atoms with Crippen LogP contribution in [0, 0.1) is 18.3 Å². The number of unbranched alkanes of at least 4 members (excludes halogenated alkanes) is 1. The summed E-state index contributed by atoms with van der Waals surface area (Å²) < 4.78 is 7.57. The van der Waals surface area contributed by atoms with Gasteiger partial charge in [0.05, 0.1) is 12.3 Å². The summed E-state index contributed by atoms with van der Waals surface area (Å²) in [5.41, 5.74) is 2.55. The maximum absolute atomic E-state index is 9.05. The first kappa shape index (κ1) is 16.0. The highest BCUT2D eigenvalue weighted by Gasteiger charge is 2.15. The zero-order valence-corrected chi connectivity index (χ0v) is 13.4. The summed E-state index contributed by atoms with van der Waals surface area (Å²) in [6, 6.07) is 10.2. The van der Waals surface area contributed by atoms with Crippen molar-refractivity contribution in [2.45, 2.75) is 46.1 Å². The molecule has 0 saturated heterocycles. The van der Waals surface area contributed by atoms with Crippen molar-refractivity contribution in [3.8, 4) is 11.8 Å². The Bertz CT molecular complexity index is 655. The molecular weight excluding hydrogens is 276 g/mol. The molecule has 0 radical (unpaired) electrons. The van der Waals surface area contributed by atoms with Crippen molar-refractivity contribution in [3.63, 3.8) is 0 Å². The average molecular weight is 298 g/mol. The minimum absolute atomic E-state index is 0.244. The second kappa shape index (κ2) is 7.60. The summed E-state index contributed by atoms with van der Waals surface area (Å²) in [5.74, 6) is 1.16. The number of hydrogen-bond acceptors (Lipinski definition) is 4. The zero-order chi connectivity index (χ0) is 15.9. The number of benzene rings is 1. The van der Waals surface area contributed by atoms with Gasteiger partial charge in [0.15, 0.2) is 5.69 Å². The Morgan fingerprint density at radius 3 is 2.82 bits per heavy atom. The van der Waals surface area contributed by atoms with Crippen LogP contribution in [0.3, 0.4) is 0 Å². The van der Waals surface area contributed by atoms with Gasteiger partial charge in [-0.3, -0.25) is 0 Å². The lowest BCUT2D eigenvalue weighted by Crippen LogP contribution is -2.09. The fraction of sp³-hybridized carbons (Fsp3) is 0.471. The quantitative estimate of drug-likeness (QED) is 0.734. The Balaban J connectivity index is 1.80. The Kier molecular flexibility index (Phi) is 5.54. The molecule has 22 heavy (non-hydrogen) atoms. The van der Waals surface area contributed by atoms with Gasteiger partial charge in [0.2, 0.25) is 0 Å². The summed E-state index contributed by atoms with van der Waals surface area (Å²) >= 11 is 0. The van der Waals surface area contributed by atoms with Crippen LogP contribution in [0.4, 0.5) is 0 Å². The largest absolute Gasteiger partial charge is 0.494 e. The molecule has 0 atom stereocenters. The van der Waals surface area contributed by atoms with E-state index in [-0.39, 0.29) is 5.92 Å². The summed E-state index contributed by atoms with van der Waals surface area (Å²) in [4.78, 5) is 0. The fourth-order valence-corrected chi connectivity index (χ4v) is 2.40. The Labute approximate surface area is 131 Å². The molecule has 1 aromatic heterocycles. The van der Waals surface area contributed by atoms with E-state index in [1.807, 2.05) is 22.9 Å². The van der Waals surface area contributed by atoms with E-state index in [0.29, 0.717) is 12.3 Å². The van der Waals surface area contributed by atoms with Crippen molar-refractivity contribution in [3.05, 3.63) is 41.2 Å². The van der Waals surface area contributed by atoms with Gasteiger partial charge in [-0.05, 0) is 43.4 Å². The number of nitrogens with zero attached hydrogens (tertiary/aromatic N) is 4. The molecule has 0 saturated carbocycles. The van der Waals surface area contributed by atoms with Crippen molar-refractivity contribution in [1.29, 1.82) is 5.26 Å². The molecule has 0 bridgehead atoms. The van der Waals surface area contributed by atoms with E-state index in [2.05, 4.69) is 43.2 Å². The molecule has 1 heterocycles. The van der Waals surface area contributed by atoms with Crippen LogP contribution in [0.2, 0.25) is 0 Å². The van der Waals surface area contributed by atoms with Crippen molar-refractivity contribution in [2.24, 2.45) is 0 Å². The molecule has 116 valence electrons. The average Bonchev–Trinajstić information content (AvgIpc) is 2.90. The molecule has 0 unspecified atom stereocenters. The lowest BCUT2D eigenvalue weighted by molar-refractivity contribution is 0.300. The van der Waals surface area contributed by atoms with Crippen LogP contribution in [-0.4, -0.2) is 21.6 Å². The van der Waals surface area contributed by atoms with Gasteiger partial charge < -0.3 is 4.74 Å². The Morgan fingerprint density at radius 1 is 1.32 bits per heavy atom. The molecule has 1 aromatic carbocycles. The lowest BCUT2D eigenvalue weighted by atomic mass is 10.1. The number of rotatable bonds is 7. The highest BCUT2D eigenvalue weighted by molar-refractivity contribution is 5.27. The van der Waals surface area contributed by atoms with Gasteiger partial charge in [-0.1, -0.05) is 31.2 Å². The summed E-state index contributed by atoms with van der Waals surface area (Å²) in [7, 11) is 0. The molecule has 2 rings (SSSR count). The van der Waals surface area contributed by atoms with Crippen LogP contribution < -0.4 is 4.74 Å². The highest BCUT2D eigenvalue weighted by atomic mass is 16.5. The van der Waals surface area contributed by atoms with Gasteiger partial charge in [-0.2, -0.15) is 5.26 Å². The third kappa shape index (κ3) is 4.08. The molecule has 0 N–H and O–H groups in total. The van der Waals surface area contributed by atoms with Gasteiger partial charge >= 0.3 is 0 Å². The molecule has 2 aromatic rings. The normalized spacial score (nSPS) is 10.7. The van der Waals surface area contributed by atoms with Crippen molar-refractivity contribution >= 4 is 0 Å².